The van der Waals surface area contributed by atoms with Crippen LogP contribution in [0.1, 0.15) is 35.3 Å². The molecular formula is C19H21N3O4S. The van der Waals surface area contributed by atoms with Crippen LogP contribution in [-0.2, 0) is 14.3 Å². The van der Waals surface area contributed by atoms with E-state index in [9.17, 15) is 14.4 Å². The van der Waals surface area contributed by atoms with E-state index in [4.69, 9.17) is 10.5 Å². The van der Waals surface area contributed by atoms with Crippen molar-refractivity contribution >= 4 is 29.1 Å². The molecular weight excluding hydrogens is 366 g/mol. The summed E-state index contributed by atoms with van der Waals surface area (Å²) in [5, 5.41) is 2.31. The average Bonchev–Trinajstić information content (AvgIpc) is 3.16. The van der Waals surface area contributed by atoms with E-state index in [1.807, 2.05) is 31.2 Å². The van der Waals surface area contributed by atoms with Gasteiger partial charge in [0, 0.05) is 17.5 Å². The van der Waals surface area contributed by atoms with Crippen LogP contribution >= 0.6 is 11.3 Å². The molecule has 2 amide bonds. The van der Waals surface area contributed by atoms with Crippen molar-refractivity contribution in [2.75, 3.05) is 13.2 Å². The summed E-state index contributed by atoms with van der Waals surface area (Å²) in [6.45, 7) is 2.01. The van der Waals surface area contributed by atoms with Gasteiger partial charge in [0.25, 0.3) is 5.91 Å². The molecule has 1 aromatic heterocycles. The number of piperidine rings is 1. The number of carbonyl (C=O) groups is 3. The van der Waals surface area contributed by atoms with Crippen LogP contribution in [0.3, 0.4) is 0 Å². The number of primary amides is 1. The van der Waals surface area contributed by atoms with E-state index in [0.29, 0.717) is 18.0 Å². The Bertz CT molecular complexity index is 847. The maximum absolute atomic E-state index is 12.3. The second-order valence-corrected chi connectivity index (χ2v) is 7.34. The van der Waals surface area contributed by atoms with Gasteiger partial charge in [0.05, 0.1) is 0 Å². The Morgan fingerprint density at radius 3 is 2.70 bits per heavy atom. The van der Waals surface area contributed by atoms with Crippen LogP contribution in [0.15, 0.2) is 29.6 Å². The van der Waals surface area contributed by atoms with Crippen molar-refractivity contribution in [2.45, 2.75) is 32.2 Å². The summed E-state index contributed by atoms with van der Waals surface area (Å²) < 4.78 is 5.10. The number of nitrogens with two attached hydrogens (primary N) is 1. The molecule has 2 aromatic rings. The smallest absolute Gasteiger partial charge is 0.358 e. The third-order valence-corrected chi connectivity index (χ3v) is 5.38. The molecule has 0 bridgehead atoms. The number of aromatic nitrogens is 1. The van der Waals surface area contributed by atoms with Gasteiger partial charge in [-0.15, -0.1) is 11.3 Å². The molecule has 7 nitrogen and oxygen atoms in total. The third-order valence-electron chi connectivity index (χ3n) is 4.49. The van der Waals surface area contributed by atoms with Gasteiger partial charge < -0.3 is 15.4 Å². The second kappa shape index (κ2) is 8.30. The van der Waals surface area contributed by atoms with Gasteiger partial charge in [-0.3, -0.25) is 9.59 Å². The first kappa shape index (κ1) is 19.0. The number of benzene rings is 1. The molecule has 8 heteroatoms. The molecule has 1 aliphatic rings. The number of hydrogen-bond donors (Lipinski definition) is 1. The zero-order valence-corrected chi connectivity index (χ0v) is 15.8. The summed E-state index contributed by atoms with van der Waals surface area (Å²) in [4.78, 5) is 41.7. The van der Waals surface area contributed by atoms with E-state index in [2.05, 4.69) is 4.98 Å². The SMILES string of the molecule is Cc1ccc(-c2nc(C(=O)OCC(=O)N3CCCC[C@H]3C(N)=O)cs2)cc1. The predicted molar refractivity (Wildman–Crippen MR) is 101 cm³/mol. The van der Waals surface area contributed by atoms with Gasteiger partial charge in [-0.1, -0.05) is 29.8 Å². The molecule has 1 fully saturated rings. The van der Waals surface area contributed by atoms with Crippen LogP contribution in [0.2, 0.25) is 0 Å². The fraction of sp³-hybridized carbons (Fsp3) is 0.368. The summed E-state index contributed by atoms with van der Waals surface area (Å²) in [5.74, 6) is -1.61. The van der Waals surface area contributed by atoms with Crippen LogP contribution in [0.5, 0.6) is 0 Å². The fourth-order valence-electron chi connectivity index (χ4n) is 3.01. The molecule has 3 rings (SSSR count). The number of hydrogen-bond acceptors (Lipinski definition) is 6. The highest BCUT2D eigenvalue weighted by Gasteiger charge is 2.31. The molecule has 0 spiro atoms. The fourth-order valence-corrected chi connectivity index (χ4v) is 3.80. The van der Waals surface area contributed by atoms with Crippen molar-refractivity contribution in [1.29, 1.82) is 0 Å². The Kier molecular flexibility index (Phi) is 5.85. The Morgan fingerprint density at radius 1 is 1.26 bits per heavy atom. The lowest BCUT2D eigenvalue weighted by molar-refractivity contribution is -0.143. The number of nitrogens with zero attached hydrogens (tertiary/aromatic N) is 2. The van der Waals surface area contributed by atoms with Crippen molar-refractivity contribution in [3.05, 3.63) is 40.9 Å². The van der Waals surface area contributed by atoms with Crippen molar-refractivity contribution in [1.82, 2.24) is 9.88 Å². The lowest BCUT2D eigenvalue weighted by Gasteiger charge is -2.33. The predicted octanol–water partition coefficient (Wildman–Crippen LogP) is 2.14. The van der Waals surface area contributed by atoms with Crippen LogP contribution in [-0.4, -0.2) is 46.9 Å². The van der Waals surface area contributed by atoms with E-state index in [-0.39, 0.29) is 5.69 Å². The quantitative estimate of drug-likeness (QED) is 0.792. The van der Waals surface area contributed by atoms with E-state index in [1.165, 1.54) is 16.2 Å². The van der Waals surface area contributed by atoms with E-state index < -0.39 is 30.4 Å². The second-order valence-electron chi connectivity index (χ2n) is 6.48. The first-order valence-electron chi connectivity index (χ1n) is 8.74. The minimum atomic E-state index is -0.661. The summed E-state index contributed by atoms with van der Waals surface area (Å²) in [7, 11) is 0. The summed E-state index contributed by atoms with van der Waals surface area (Å²) in [6, 6.07) is 7.19. The molecule has 0 saturated carbocycles. The van der Waals surface area contributed by atoms with Crippen molar-refractivity contribution in [2.24, 2.45) is 5.73 Å². The highest BCUT2D eigenvalue weighted by molar-refractivity contribution is 7.13. The van der Waals surface area contributed by atoms with Crippen molar-refractivity contribution < 1.29 is 19.1 Å². The molecule has 27 heavy (non-hydrogen) atoms. The monoisotopic (exact) mass is 387 g/mol. The maximum Gasteiger partial charge on any atom is 0.358 e. The largest absolute Gasteiger partial charge is 0.451 e. The van der Waals surface area contributed by atoms with Crippen LogP contribution < -0.4 is 5.73 Å². The van der Waals surface area contributed by atoms with Gasteiger partial charge in [0.1, 0.15) is 11.0 Å². The number of likely N-dealkylation sites (tertiary alicyclic amines) is 1. The molecule has 142 valence electrons. The Morgan fingerprint density at radius 2 is 2.00 bits per heavy atom. The number of carbonyl (C=O) groups excluding carboxylic acids is 3. The van der Waals surface area contributed by atoms with Gasteiger partial charge in [-0.05, 0) is 26.2 Å². The van der Waals surface area contributed by atoms with E-state index >= 15 is 0 Å². The molecule has 0 radical (unpaired) electrons. The number of aryl methyl sites for hydroxylation is 1. The topological polar surface area (TPSA) is 103 Å². The zero-order valence-electron chi connectivity index (χ0n) is 15.0. The molecule has 0 unspecified atom stereocenters. The summed E-state index contributed by atoms with van der Waals surface area (Å²) >= 11 is 1.33. The van der Waals surface area contributed by atoms with Gasteiger partial charge >= 0.3 is 5.97 Å². The average molecular weight is 387 g/mol. The molecule has 0 aliphatic carbocycles. The zero-order chi connectivity index (χ0) is 19.4. The molecule has 2 N–H and O–H groups in total. The van der Waals surface area contributed by atoms with E-state index in [1.54, 1.807) is 5.38 Å². The molecule has 1 atom stereocenters. The van der Waals surface area contributed by atoms with Crippen molar-refractivity contribution in [3.8, 4) is 10.6 Å². The molecule has 2 heterocycles. The highest BCUT2D eigenvalue weighted by Crippen LogP contribution is 2.24. The Labute approximate surface area is 161 Å². The number of amides is 2. The van der Waals surface area contributed by atoms with Gasteiger partial charge in [-0.2, -0.15) is 0 Å². The minimum Gasteiger partial charge on any atom is -0.451 e. The normalized spacial score (nSPS) is 16.8. The van der Waals surface area contributed by atoms with E-state index in [0.717, 1.165) is 24.0 Å². The first-order valence-corrected chi connectivity index (χ1v) is 9.62. The van der Waals surface area contributed by atoms with Crippen LogP contribution in [0.4, 0.5) is 0 Å². The Balaban J connectivity index is 1.60. The summed E-state index contributed by atoms with van der Waals surface area (Å²) in [5.41, 5.74) is 7.58. The minimum absolute atomic E-state index is 0.161. The number of esters is 1. The van der Waals surface area contributed by atoms with Gasteiger partial charge in [-0.25, -0.2) is 9.78 Å². The molecule has 1 aromatic carbocycles. The Hall–Kier alpha value is -2.74. The highest BCUT2D eigenvalue weighted by atomic mass is 32.1. The number of thiazole rings is 1. The lowest BCUT2D eigenvalue weighted by atomic mass is 10.0. The van der Waals surface area contributed by atoms with Crippen LogP contribution in [0.25, 0.3) is 10.6 Å². The maximum atomic E-state index is 12.3. The molecule has 1 saturated heterocycles. The number of ether oxygens (including phenoxy) is 1. The molecule has 1 aliphatic heterocycles. The van der Waals surface area contributed by atoms with Crippen molar-refractivity contribution in [3.63, 3.8) is 0 Å². The van der Waals surface area contributed by atoms with Crippen LogP contribution in [0, 0.1) is 6.92 Å². The lowest BCUT2D eigenvalue weighted by Crippen LogP contribution is -2.51. The number of rotatable bonds is 5. The standard InChI is InChI=1S/C19H21N3O4S/c1-12-5-7-13(8-6-12)18-21-14(11-27-18)19(25)26-10-16(23)22-9-3-2-4-15(22)17(20)24/h5-8,11,15H,2-4,9-10H2,1H3,(H2,20,24)/t15-/m0/s1. The third kappa shape index (κ3) is 4.51. The van der Waals surface area contributed by atoms with Gasteiger partial charge in [0.15, 0.2) is 12.3 Å². The first-order chi connectivity index (χ1) is 13.0. The summed E-state index contributed by atoms with van der Waals surface area (Å²) in [6.07, 6.45) is 2.19. The van der Waals surface area contributed by atoms with Gasteiger partial charge in [0.2, 0.25) is 5.91 Å².